The van der Waals surface area contributed by atoms with Crippen LogP contribution >= 0.6 is 0 Å². The van der Waals surface area contributed by atoms with Gasteiger partial charge in [0.2, 0.25) is 0 Å². The van der Waals surface area contributed by atoms with Gasteiger partial charge in [0, 0.05) is 18.3 Å². The summed E-state index contributed by atoms with van der Waals surface area (Å²) in [6.45, 7) is 4.23. The number of aliphatic carboxylic acids is 1. The molecule has 34 heavy (non-hydrogen) atoms. The molecule has 0 atom stereocenters. The summed E-state index contributed by atoms with van der Waals surface area (Å²) in [6, 6.07) is 10.1. The number of amides is 1. The Morgan fingerprint density at radius 1 is 1.21 bits per heavy atom. The van der Waals surface area contributed by atoms with Crippen LogP contribution in [0.2, 0.25) is 0 Å². The van der Waals surface area contributed by atoms with E-state index in [1.807, 2.05) is 48.1 Å². The van der Waals surface area contributed by atoms with Crippen molar-refractivity contribution < 1.29 is 27.9 Å². The predicted octanol–water partition coefficient (Wildman–Crippen LogP) is 2.26. The molecule has 2 aromatic heterocycles. The van der Waals surface area contributed by atoms with Crippen LogP contribution < -0.4 is 10.6 Å². The Bertz CT molecular complexity index is 1110. The number of carboxylic acid groups (broad SMARTS) is 1. The highest BCUT2D eigenvalue weighted by Crippen LogP contribution is 2.19. The minimum Gasteiger partial charge on any atom is -0.475 e. The Kier molecular flexibility index (Phi) is 7.99. The van der Waals surface area contributed by atoms with E-state index in [1.165, 1.54) is 6.20 Å². The zero-order valence-corrected chi connectivity index (χ0v) is 18.3. The van der Waals surface area contributed by atoms with Gasteiger partial charge in [0.15, 0.2) is 0 Å². The van der Waals surface area contributed by atoms with Crippen molar-refractivity contribution in [2.75, 3.05) is 13.1 Å². The molecule has 0 aliphatic carbocycles. The number of halogens is 3. The molecule has 1 saturated heterocycles. The molecule has 1 amide bonds. The van der Waals surface area contributed by atoms with Crippen LogP contribution in [-0.2, 0) is 11.3 Å². The Labute approximate surface area is 192 Å². The number of hydrogen-bond donors (Lipinski definition) is 3. The maximum atomic E-state index is 12.7. The van der Waals surface area contributed by atoms with Gasteiger partial charge in [-0.25, -0.2) is 14.2 Å². The number of hydrogen-bond acceptors (Lipinski definition) is 6. The van der Waals surface area contributed by atoms with Gasteiger partial charge >= 0.3 is 12.1 Å². The molecule has 0 spiro atoms. The number of carbonyl (C=O) groups is 2. The van der Waals surface area contributed by atoms with Crippen molar-refractivity contribution in [1.29, 1.82) is 0 Å². The number of piperidine rings is 1. The first-order chi connectivity index (χ1) is 16.2. The monoisotopic (exact) mass is 479 g/mol. The van der Waals surface area contributed by atoms with E-state index in [9.17, 15) is 18.0 Å². The fourth-order valence-corrected chi connectivity index (χ4v) is 3.38. The number of rotatable bonds is 5. The van der Waals surface area contributed by atoms with E-state index in [1.54, 1.807) is 4.68 Å². The van der Waals surface area contributed by atoms with Gasteiger partial charge in [-0.3, -0.25) is 4.79 Å². The lowest BCUT2D eigenvalue weighted by Crippen LogP contribution is -2.33. The normalized spacial score (nSPS) is 14.2. The van der Waals surface area contributed by atoms with Crippen LogP contribution in [0.15, 0.2) is 42.7 Å². The maximum Gasteiger partial charge on any atom is 0.490 e. The average Bonchev–Trinajstić information content (AvgIpc) is 3.45. The highest BCUT2D eigenvalue weighted by atomic mass is 19.4. The number of alkyl halides is 3. The van der Waals surface area contributed by atoms with Crippen LogP contribution in [0, 0.1) is 6.92 Å². The van der Waals surface area contributed by atoms with Crippen LogP contribution in [0.3, 0.4) is 0 Å². The van der Waals surface area contributed by atoms with Gasteiger partial charge in [0.25, 0.3) is 5.91 Å². The van der Waals surface area contributed by atoms with Gasteiger partial charge in [-0.2, -0.15) is 18.3 Å². The van der Waals surface area contributed by atoms with Crippen molar-refractivity contribution in [1.82, 2.24) is 35.4 Å². The Balaban J connectivity index is 0.000000406. The molecule has 0 unspecified atom stereocenters. The van der Waals surface area contributed by atoms with E-state index < -0.39 is 12.1 Å². The summed E-state index contributed by atoms with van der Waals surface area (Å²) < 4.78 is 35.3. The molecule has 0 saturated carbocycles. The van der Waals surface area contributed by atoms with Gasteiger partial charge in [-0.15, -0.1) is 5.10 Å². The zero-order chi connectivity index (χ0) is 24.7. The van der Waals surface area contributed by atoms with Crippen molar-refractivity contribution in [3.8, 4) is 5.69 Å². The lowest BCUT2D eigenvalue weighted by atomic mass is 10.1. The summed E-state index contributed by atoms with van der Waals surface area (Å²) >= 11 is 0. The number of carboxylic acids is 1. The fourth-order valence-electron chi connectivity index (χ4n) is 3.38. The molecular weight excluding hydrogens is 455 g/mol. The summed E-state index contributed by atoms with van der Waals surface area (Å²) in [7, 11) is 0. The van der Waals surface area contributed by atoms with Crippen molar-refractivity contribution in [3.05, 3.63) is 59.7 Å². The van der Waals surface area contributed by atoms with Gasteiger partial charge in [0.05, 0.1) is 23.6 Å². The first kappa shape index (κ1) is 24.9. The molecule has 1 aromatic carbocycles. The second-order valence-corrected chi connectivity index (χ2v) is 7.55. The predicted molar refractivity (Wildman–Crippen MR) is 114 cm³/mol. The van der Waals surface area contributed by atoms with E-state index in [4.69, 9.17) is 9.90 Å². The van der Waals surface area contributed by atoms with Crippen molar-refractivity contribution in [2.45, 2.75) is 38.5 Å². The Hall–Kier alpha value is -3.74. The first-order valence-corrected chi connectivity index (χ1v) is 10.5. The lowest BCUT2D eigenvalue weighted by Gasteiger charge is -2.23. The van der Waals surface area contributed by atoms with Gasteiger partial charge < -0.3 is 15.7 Å². The molecule has 0 bridgehead atoms. The molecular formula is C21H24F3N7O3. The Morgan fingerprint density at radius 2 is 1.85 bits per heavy atom. The van der Waals surface area contributed by atoms with Crippen LogP contribution in [0.1, 0.15) is 40.6 Å². The zero-order valence-electron chi connectivity index (χ0n) is 18.3. The number of para-hydroxylation sites is 1. The summed E-state index contributed by atoms with van der Waals surface area (Å²) in [5, 5.41) is 26.1. The van der Waals surface area contributed by atoms with Crippen molar-refractivity contribution in [2.24, 2.45) is 0 Å². The SMILES string of the molecule is Cc1nn(-c2ccccc2)cc1CNC(=O)c1cnnn1C1CCNCC1.O=C(O)C(F)(F)F. The van der Waals surface area contributed by atoms with Gasteiger partial charge in [-0.05, 0) is 45.0 Å². The van der Waals surface area contributed by atoms with Crippen LogP contribution in [-0.4, -0.2) is 61.0 Å². The summed E-state index contributed by atoms with van der Waals surface area (Å²) in [4.78, 5) is 21.6. The molecule has 0 radical (unpaired) electrons. The molecule has 1 aliphatic heterocycles. The molecule has 3 aromatic rings. The summed E-state index contributed by atoms with van der Waals surface area (Å²) in [5.74, 6) is -2.92. The van der Waals surface area contributed by atoms with Gasteiger partial charge in [0.1, 0.15) is 5.69 Å². The highest BCUT2D eigenvalue weighted by molar-refractivity contribution is 5.92. The quantitative estimate of drug-likeness (QED) is 0.512. The molecule has 182 valence electrons. The molecule has 4 rings (SSSR count). The molecule has 3 heterocycles. The summed E-state index contributed by atoms with van der Waals surface area (Å²) in [5.41, 5.74) is 3.37. The third kappa shape index (κ3) is 6.41. The smallest absolute Gasteiger partial charge is 0.475 e. The van der Waals surface area contributed by atoms with Crippen LogP contribution in [0.4, 0.5) is 13.2 Å². The largest absolute Gasteiger partial charge is 0.490 e. The molecule has 13 heteroatoms. The highest BCUT2D eigenvalue weighted by Gasteiger charge is 2.38. The Morgan fingerprint density at radius 3 is 2.47 bits per heavy atom. The molecule has 1 aliphatic rings. The van der Waals surface area contributed by atoms with E-state index >= 15 is 0 Å². The van der Waals surface area contributed by atoms with Gasteiger partial charge in [-0.1, -0.05) is 23.4 Å². The topological polar surface area (TPSA) is 127 Å². The van der Waals surface area contributed by atoms with Crippen molar-refractivity contribution in [3.63, 3.8) is 0 Å². The minimum atomic E-state index is -5.08. The standard InChI is InChI=1S/C19H23N7O.C2HF3O2/c1-14-15(13-25(23-14)16-5-3-2-4-6-16)11-21-19(27)18-12-22-24-26(18)17-7-9-20-10-8-17;3-2(4,5)1(6)7/h2-6,12-13,17,20H,7-11H2,1H3,(H,21,27);(H,6,7). The fraction of sp³-hybridized carbons (Fsp3) is 0.381. The average molecular weight is 479 g/mol. The number of nitrogens with one attached hydrogen (secondary N) is 2. The second-order valence-electron chi connectivity index (χ2n) is 7.55. The van der Waals surface area contributed by atoms with Crippen molar-refractivity contribution >= 4 is 11.9 Å². The first-order valence-electron chi connectivity index (χ1n) is 10.5. The maximum absolute atomic E-state index is 12.7. The van der Waals surface area contributed by atoms with E-state index in [2.05, 4.69) is 26.0 Å². The lowest BCUT2D eigenvalue weighted by molar-refractivity contribution is -0.192. The van der Waals surface area contributed by atoms with E-state index in [0.29, 0.717) is 12.2 Å². The third-order valence-corrected chi connectivity index (χ3v) is 5.17. The number of aryl methyl sites for hydroxylation is 1. The van der Waals surface area contributed by atoms with E-state index in [-0.39, 0.29) is 11.9 Å². The second kappa shape index (κ2) is 10.9. The molecule has 10 nitrogen and oxygen atoms in total. The number of nitrogens with zero attached hydrogens (tertiary/aromatic N) is 5. The third-order valence-electron chi connectivity index (χ3n) is 5.17. The van der Waals surface area contributed by atoms with Crippen LogP contribution in [0.5, 0.6) is 0 Å². The minimum absolute atomic E-state index is 0.162. The number of aromatic nitrogens is 5. The van der Waals surface area contributed by atoms with Crippen LogP contribution in [0.25, 0.3) is 5.69 Å². The number of carbonyl (C=O) groups excluding carboxylic acids is 1. The molecule has 1 fully saturated rings. The molecule has 3 N–H and O–H groups in total. The number of benzene rings is 1. The summed E-state index contributed by atoms with van der Waals surface area (Å²) in [6.07, 6.45) is 0.310. The van der Waals surface area contributed by atoms with E-state index in [0.717, 1.165) is 42.9 Å².